The van der Waals surface area contributed by atoms with Gasteiger partial charge in [0, 0.05) is 0 Å². The number of sulfonamides is 1. The Morgan fingerprint density at radius 1 is 1.11 bits per heavy atom. The van der Waals surface area contributed by atoms with Crippen molar-refractivity contribution in [1.82, 2.24) is 5.43 Å². The molecular weight excluding hydrogens is 382 g/mol. The predicted molar refractivity (Wildman–Crippen MR) is 109 cm³/mol. The molecule has 8 nitrogen and oxygen atoms in total. The summed E-state index contributed by atoms with van der Waals surface area (Å²) in [5.74, 6) is 0.547. The third kappa shape index (κ3) is 5.71. The van der Waals surface area contributed by atoms with Gasteiger partial charge in [0.15, 0.2) is 0 Å². The number of nitrogens with zero attached hydrogens (tertiary/aromatic N) is 2. The smallest absolute Gasteiger partial charge is 0.260 e. The summed E-state index contributed by atoms with van der Waals surface area (Å²) >= 11 is 0. The SMILES string of the molecule is CCS(=O)(=O)N(CC(=O)N/N=C\c1cccc(OC)c1)c1ccc(OC)cc1. The van der Waals surface area contributed by atoms with E-state index >= 15 is 0 Å². The predicted octanol–water partition coefficient (Wildman–Crippen LogP) is 2.01. The third-order valence-electron chi connectivity index (χ3n) is 3.84. The molecule has 28 heavy (non-hydrogen) atoms. The molecule has 0 radical (unpaired) electrons. The summed E-state index contributed by atoms with van der Waals surface area (Å²) in [4.78, 5) is 12.2. The molecule has 0 aromatic heterocycles. The average molecular weight is 405 g/mol. The van der Waals surface area contributed by atoms with Gasteiger partial charge in [-0.3, -0.25) is 9.10 Å². The van der Waals surface area contributed by atoms with Crippen LogP contribution < -0.4 is 19.2 Å². The van der Waals surface area contributed by atoms with Gasteiger partial charge in [0.2, 0.25) is 10.0 Å². The zero-order valence-corrected chi connectivity index (χ0v) is 16.8. The normalized spacial score (nSPS) is 11.2. The number of rotatable bonds is 9. The van der Waals surface area contributed by atoms with Gasteiger partial charge in [-0.15, -0.1) is 0 Å². The molecule has 0 aliphatic rings. The van der Waals surface area contributed by atoms with Gasteiger partial charge in [-0.05, 0) is 48.9 Å². The van der Waals surface area contributed by atoms with Crippen LogP contribution in [0.15, 0.2) is 53.6 Å². The lowest BCUT2D eigenvalue weighted by molar-refractivity contribution is -0.119. The van der Waals surface area contributed by atoms with Gasteiger partial charge in [0.1, 0.15) is 18.0 Å². The zero-order valence-electron chi connectivity index (χ0n) is 16.0. The largest absolute Gasteiger partial charge is 0.497 e. The van der Waals surface area contributed by atoms with Crippen LogP contribution in [0.25, 0.3) is 0 Å². The summed E-state index contributed by atoms with van der Waals surface area (Å²) < 4.78 is 36.1. The minimum absolute atomic E-state index is 0.139. The molecule has 0 saturated carbocycles. The van der Waals surface area contributed by atoms with Gasteiger partial charge in [-0.1, -0.05) is 12.1 Å². The van der Waals surface area contributed by atoms with Crippen molar-refractivity contribution in [2.45, 2.75) is 6.92 Å². The van der Waals surface area contributed by atoms with E-state index in [0.717, 1.165) is 9.87 Å². The van der Waals surface area contributed by atoms with E-state index < -0.39 is 22.5 Å². The van der Waals surface area contributed by atoms with Crippen molar-refractivity contribution in [3.63, 3.8) is 0 Å². The first-order valence-corrected chi connectivity index (χ1v) is 10.1. The lowest BCUT2D eigenvalue weighted by Gasteiger charge is -2.23. The van der Waals surface area contributed by atoms with Crippen LogP contribution in [0.4, 0.5) is 5.69 Å². The second-order valence-electron chi connectivity index (χ2n) is 5.68. The number of ether oxygens (including phenoxy) is 2. The van der Waals surface area contributed by atoms with E-state index in [1.807, 2.05) is 0 Å². The third-order valence-corrected chi connectivity index (χ3v) is 5.59. The number of methoxy groups -OCH3 is 2. The topological polar surface area (TPSA) is 97.3 Å². The van der Waals surface area contributed by atoms with Gasteiger partial charge in [0.05, 0.1) is 31.9 Å². The minimum Gasteiger partial charge on any atom is -0.497 e. The Labute approximate surface area is 164 Å². The van der Waals surface area contributed by atoms with Gasteiger partial charge >= 0.3 is 0 Å². The Kier molecular flexibility index (Phi) is 7.39. The van der Waals surface area contributed by atoms with Crippen LogP contribution in [-0.2, 0) is 14.8 Å². The lowest BCUT2D eigenvalue weighted by Crippen LogP contribution is -2.40. The monoisotopic (exact) mass is 405 g/mol. The molecule has 0 bridgehead atoms. The molecule has 1 amide bonds. The Balaban J connectivity index is 2.10. The van der Waals surface area contributed by atoms with Crippen LogP contribution in [0.3, 0.4) is 0 Å². The number of nitrogens with one attached hydrogen (secondary N) is 1. The van der Waals surface area contributed by atoms with Crippen molar-refractivity contribution in [3.05, 3.63) is 54.1 Å². The average Bonchev–Trinajstić information content (AvgIpc) is 2.72. The molecular formula is C19H23N3O5S. The first-order valence-electron chi connectivity index (χ1n) is 8.50. The Morgan fingerprint density at radius 3 is 2.39 bits per heavy atom. The van der Waals surface area contributed by atoms with E-state index in [1.165, 1.54) is 20.2 Å². The molecule has 0 atom stereocenters. The second kappa shape index (κ2) is 9.75. The highest BCUT2D eigenvalue weighted by atomic mass is 32.2. The number of amides is 1. The highest BCUT2D eigenvalue weighted by molar-refractivity contribution is 7.92. The summed E-state index contributed by atoms with van der Waals surface area (Å²) in [5.41, 5.74) is 3.45. The Bertz CT molecular complexity index is 927. The Hall–Kier alpha value is -3.07. The highest BCUT2D eigenvalue weighted by Gasteiger charge is 2.23. The summed E-state index contributed by atoms with van der Waals surface area (Å²) in [6.07, 6.45) is 1.45. The van der Waals surface area contributed by atoms with Gasteiger partial charge in [-0.2, -0.15) is 5.10 Å². The number of carbonyl (C=O) groups is 1. The first kappa shape index (κ1) is 21.2. The van der Waals surface area contributed by atoms with Crippen molar-refractivity contribution in [2.75, 3.05) is 30.8 Å². The number of hydrogen-bond acceptors (Lipinski definition) is 6. The molecule has 2 aromatic rings. The van der Waals surface area contributed by atoms with Gasteiger partial charge in [0.25, 0.3) is 5.91 Å². The number of hydrazone groups is 1. The van der Waals surface area contributed by atoms with Crippen LogP contribution in [-0.4, -0.2) is 47.1 Å². The fourth-order valence-corrected chi connectivity index (χ4v) is 3.39. The van der Waals surface area contributed by atoms with Crippen LogP contribution >= 0.6 is 0 Å². The molecule has 0 spiro atoms. The van der Waals surface area contributed by atoms with Crippen LogP contribution in [0, 0.1) is 0 Å². The van der Waals surface area contributed by atoms with Crippen molar-refractivity contribution in [1.29, 1.82) is 0 Å². The molecule has 150 valence electrons. The maximum atomic E-state index is 12.4. The lowest BCUT2D eigenvalue weighted by atomic mass is 10.2. The van der Waals surface area contributed by atoms with E-state index in [2.05, 4.69) is 10.5 Å². The van der Waals surface area contributed by atoms with Crippen molar-refractivity contribution in [3.8, 4) is 11.5 Å². The molecule has 2 aromatic carbocycles. The van der Waals surface area contributed by atoms with E-state index in [1.54, 1.807) is 55.6 Å². The quantitative estimate of drug-likeness (QED) is 0.508. The van der Waals surface area contributed by atoms with Crippen LogP contribution in [0.5, 0.6) is 11.5 Å². The van der Waals surface area contributed by atoms with Gasteiger partial charge in [-0.25, -0.2) is 13.8 Å². The number of benzene rings is 2. The molecule has 2 rings (SSSR count). The maximum Gasteiger partial charge on any atom is 0.260 e. The standard InChI is InChI=1S/C19H23N3O5S/c1-4-28(24,25)22(16-8-10-17(26-2)11-9-16)14-19(23)21-20-13-15-6-5-7-18(12-15)27-3/h5-13H,4,14H2,1-3H3,(H,21,23)/b20-13-. The second-order valence-corrected chi connectivity index (χ2v) is 7.86. The molecule has 0 saturated heterocycles. The van der Waals surface area contributed by atoms with Crippen LogP contribution in [0.2, 0.25) is 0 Å². The molecule has 0 heterocycles. The number of anilines is 1. The summed E-state index contributed by atoms with van der Waals surface area (Å²) in [6, 6.07) is 13.6. The van der Waals surface area contributed by atoms with Crippen molar-refractivity contribution < 1.29 is 22.7 Å². The molecule has 9 heteroatoms. The zero-order chi connectivity index (χ0) is 20.6. The van der Waals surface area contributed by atoms with E-state index in [0.29, 0.717) is 17.2 Å². The van der Waals surface area contributed by atoms with E-state index in [4.69, 9.17) is 9.47 Å². The van der Waals surface area contributed by atoms with Crippen molar-refractivity contribution >= 4 is 27.8 Å². The Morgan fingerprint density at radius 2 is 1.79 bits per heavy atom. The number of carbonyl (C=O) groups excluding carboxylic acids is 1. The van der Waals surface area contributed by atoms with E-state index in [9.17, 15) is 13.2 Å². The fourth-order valence-electron chi connectivity index (χ4n) is 2.32. The molecule has 0 aliphatic heterocycles. The summed E-state index contributed by atoms with van der Waals surface area (Å²) in [7, 11) is -0.578. The summed E-state index contributed by atoms with van der Waals surface area (Å²) in [5, 5.41) is 3.88. The molecule has 0 fully saturated rings. The molecule has 0 aliphatic carbocycles. The summed E-state index contributed by atoms with van der Waals surface area (Å²) in [6.45, 7) is 1.13. The highest BCUT2D eigenvalue weighted by Crippen LogP contribution is 2.22. The van der Waals surface area contributed by atoms with Crippen molar-refractivity contribution in [2.24, 2.45) is 5.10 Å². The fraction of sp³-hybridized carbons (Fsp3) is 0.263. The number of hydrogen-bond donors (Lipinski definition) is 1. The molecule has 1 N–H and O–H groups in total. The van der Waals surface area contributed by atoms with E-state index in [-0.39, 0.29) is 5.75 Å². The maximum absolute atomic E-state index is 12.4. The van der Waals surface area contributed by atoms with Gasteiger partial charge < -0.3 is 9.47 Å². The van der Waals surface area contributed by atoms with Crippen LogP contribution in [0.1, 0.15) is 12.5 Å². The first-order chi connectivity index (χ1) is 13.4. The minimum atomic E-state index is -3.65. The molecule has 0 unspecified atom stereocenters.